The Labute approximate surface area is 156 Å². The van der Waals surface area contributed by atoms with Crippen LogP contribution in [0.3, 0.4) is 0 Å². The zero-order valence-corrected chi connectivity index (χ0v) is 15.3. The van der Waals surface area contributed by atoms with Crippen LogP contribution in [-0.4, -0.2) is 26.7 Å². The van der Waals surface area contributed by atoms with E-state index in [1.54, 1.807) is 19.2 Å². The SMILES string of the molecule is COc1cc(NCC(=O)Nc2ccc3ccccc3c2)c(OC)cc1Cl. The molecule has 0 bridgehead atoms. The van der Waals surface area contributed by atoms with Gasteiger partial charge in [0.15, 0.2) is 0 Å². The Morgan fingerprint density at radius 3 is 2.42 bits per heavy atom. The van der Waals surface area contributed by atoms with Crippen LogP contribution in [0.4, 0.5) is 11.4 Å². The molecule has 3 aromatic rings. The maximum Gasteiger partial charge on any atom is 0.243 e. The largest absolute Gasteiger partial charge is 0.495 e. The van der Waals surface area contributed by atoms with Crippen LogP contribution in [0.25, 0.3) is 10.8 Å². The van der Waals surface area contributed by atoms with Crippen LogP contribution in [0, 0.1) is 0 Å². The van der Waals surface area contributed by atoms with Gasteiger partial charge in [0.1, 0.15) is 11.5 Å². The van der Waals surface area contributed by atoms with Crippen molar-refractivity contribution in [2.24, 2.45) is 0 Å². The lowest BCUT2D eigenvalue weighted by molar-refractivity contribution is -0.114. The lowest BCUT2D eigenvalue weighted by Gasteiger charge is -2.14. The molecule has 3 rings (SSSR count). The van der Waals surface area contributed by atoms with Gasteiger partial charge in [-0.25, -0.2) is 0 Å². The van der Waals surface area contributed by atoms with E-state index in [0.29, 0.717) is 22.2 Å². The number of fused-ring (bicyclic) bond motifs is 1. The summed E-state index contributed by atoms with van der Waals surface area (Å²) >= 11 is 6.09. The van der Waals surface area contributed by atoms with Crippen LogP contribution in [-0.2, 0) is 4.79 Å². The lowest BCUT2D eigenvalue weighted by atomic mass is 10.1. The van der Waals surface area contributed by atoms with Crippen molar-refractivity contribution in [3.05, 3.63) is 59.6 Å². The first-order valence-corrected chi connectivity index (χ1v) is 8.42. The van der Waals surface area contributed by atoms with Gasteiger partial charge in [0.2, 0.25) is 5.91 Å². The molecule has 0 aromatic heterocycles. The molecule has 0 saturated carbocycles. The standard InChI is InChI=1S/C20H19ClN2O3/c1-25-18-11-17(19(26-2)10-16(18)21)22-12-20(24)23-15-8-7-13-5-3-4-6-14(13)9-15/h3-11,22H,12H2,1-2H3,(H,23,24). The molecule has 0 fully saturated rings. The first kappa shape index (κ1) is 17.9. The Kier molecular flexibility index (Phi) is 5.49. The van der Waals surface area contributed by atoms with Gasteiger partial charge in [0.25, 0.3) is 0 Å². The van der Waals surface area contributed by atoms with E-state index in [-0.39, 0.29) is 12.5 Å². The van der Waals surface area contributed by atoms with Crippen molar-refractivity contribution >= 4 is 39.7 Å². The van der Waals surface area contributed by atoms with Crippen LogP contribution in [0.15, 0.2) is 54.6 Å². The second kappa shape index (κ2) is 7.97. The molecule has 26 heavy (non-hydrogen) atoms. The summed E-state index contributed by atoms with van der Waals surface area (Å²) in [6, 6.07) is 17.1. The summed E-state index contributed by atoms with van der Waals surface area (Å²) in [5.41, 5.74) is 1.37. The first-order valence-electron chi connectivity index (χ1n) is 8.05. The minimum absolute atomic E-state index is 0.0774. The van der Waals surface area contributed by atoms with Gasteiger partial charge in [0, 0.05) is 17.8 Å². The molecule has 0 heterocycles. The van der Waals surface area contributed by atoms with E-state index in [0.717, 1.165) is 16.5 Å². The number of amides is 1. The van der Waals surface area contributed by atoms with Crippen LogP contribution >= 0.6 is 11.6 Å². The number of benzene rings is 3. The number of hydrogen-bond donors (Lipinski definition) is 2. The summed E-state index contributed by atoms with van der Waals surface area (Å²) in [5.74, 6) is 0.871. The fourth-order valence-electron chi connectivity index (χ4n) is 2.65. The van der Waals surface area contributed by atoms with E-state index in [1.807, 2.05) is 42.5 Å². The summed E-state index contributed by atoms with van der Waals surface area (Å²) in [5, 5.41) is 8.57. The van der Waals surface area contributed by atoms with Crippen LogP contribution in [0.1, 0.15) is 0 Å². The summed E-state index contributed by atoms with van der Waals surface area (Å²) in [6.07, 6.45) is 0. The molecular formula is C20H19ClN2O3. The predicted molar refractivity (Wildman–Crippen MR) is 106 cm³/mol. The minimum atomic E-state index is -0.170. The first-order chi connectivity index (χ1) is 12.6. The molecule has 3 aromatic carbocycles. The van der Waals surface area contributed by atoms with E-state index >= 15 is 0 Å². The average Bonchev–Trinajstić information content (AvgIpc) is 2.66. The molecule has 0 atom stereocenters. The Morgan fingerprint density at radius 2 is 1.69 bits per heavy atom. The summed E-state index contributed by atoms with van der Waals surface area (Å²) in [4.78, 5) is 12.3. The van der Waals surface area contributed by atoms with E-state index in [2.05, 4.69) is 10.6 Å². The highest BCUT2D eigenvalue weighted by Gasteiger charge is 2.11. The number of carbonyl (C=O) groups excluding carboxylic acids is 1. The third-order valence-electron chi connectivity index (χ3n) is 3.95. The molecule has 1 amide bonds. The Bertz CT molecular complexity index is 943. The number of rotatable bonds is 6. The second-order valence-corrected chi connectivity index (χ2v) is 6.06. The molecular weight excluding hydrogens is 352 g/mol. The van der Waals surface area contributed by atoms with Crippen LogP contribution < -0.4 is 20.1 Å². The zero-order valence-electron chi connectivity index (χ0n) is 14.5. The fraction of sp³-hybridized carbons (Fsp3) is 0.150. The molecule has 6 heteroatoms. The van der Waals surface area contributed by atoms with Crippen LogP contribution in [0.5, 0.6) is 11.5 Å². The van der Waals surface area contributed by atoms with Gasteiger partial charge in [-0.15, -0.1) is 0 Å². The van der Waals surface area contributed by atoms with Gasteiger partial charge in [-0.3, -0.25) is 4.79 Å². The minimum Gasteiger partial charge on any atom is -0.495 e. The molecule has 0 aliphatic carbocycles. The predicted octanol–water partition coefficient (Wildman–Crippen LogP) is 4.56. The zero-order chi connectivity index (χ0) is 18.5. The highest BCUT2D eigenvalue weighted by molar-refractivity contribution is 6.32. The molecule has 0 unspecified atom stereocenters. The van der Waals surface area contributed by atoms with E-state index in [4.69, 9.17) is 21.1 Å². The van der Waals surface area contributed by atoms with Gasteiger partial charge < -0.3 is 20.1 Å². The molecule has 5 nitrogen and oxygen atoms in total. The third kappa shape index (κ3) is 4.00. The number of ether oxygens (including phenoxy) is 2. The van der Waals surface area contributed by atoms with Crippen molar-refractivity contribution in [2.45, 2.75) is 0 Å². The van der Waals surface area contributed by atoms with Crippen molar-refractivity contribution in [2.75, 3.05) is 31.4 Å². The van der Waals surface area contributed by atoms with Gasteiger partial charge in [-0.1, -0.05) is 41.9 Å². The molecule has 2 N–H and O–H groups in total. The van der Waals surface area contributed by atoms with Gasteiger partial charge >= 0.3 is 0 Å². The van der Waals surface area contributed by atoms with Crippen molar-refractivity contribution in [1.29, 1.82) is 0 Å². The highest BCUT2D eigenvalue weighted by Crippen LogP contribution is 2.35. The van der Waals surface area contributed by atoms with Crippen LogP contribution in [0.2, 0.25) is 5.02 Å². The molecule has 0 aliphatic heterocycles. The number of methoxy groups -OCH3 is 2. The number of hydrogen-bond acceptors (Lipinski definition) is 4. The summed E-state index contributed by atoms with van der Waals surface area (Å²) in [7, 11) is 3.07. The maximum atomic E-state index is 12.3. The molecule has 0 radical (unpaired) electrons. The maximum absolute atomic E-state index is 12.3. The average molecular weight is 371 g/mol. The quantitative estimate of drug-likeness (QED) is 0.667. The second-order valence-electron chi connectivity index (χ2n) is 5.65. The van der Waals surface area contributed by atoms with Gasteiger partial charge in [-0.2, -0.15) is 0 Å². The number of carbonyl (C=O) groups is 1. The van der Waals surface area contributed by atoms with Crippen molar-refractivity contribution in [3.8, 4) is 11.5 Å². The lowest BCUT2D eigenvalue weighted by Crippen LogP contribution is -2.22. The fourth-order valence-corrected chi connectivity index (χ4v) is 2.88. The Balaban J connectivity index is 1.68. The number of anilines is 2. The van der Waals surface area contributed by atoms with Crippen molar-refractivity contribution in [3.63, 3.8) is 0 Å². The number of halogens is 1. The molecule has 0 saturated heterocycles. The Hall–Kier alpha value is -2.92. The van der Waals surface area contributed by atoms with Crippen molar-refractivity contribution < 1.29 is 14.3 Å². The third-order valence-corrected chi connectivity index (χ3v) is 4.24. The summed E-state index contributed by atoms with van der Waals surface area (Å²) < 4.78 is 10.5. The molecule has 0 aliphatic rings. The normalized spacial score (nSPS) is 10.4. The molecule has 0 spiro atoms. The van der Waals surface area contributed by atoms with Crippen molar-refractivity contribution in [1.82, 2.24) is 0 Å². The van der Waals surface area contributed by atoms with E-state index in [1.165, 1.54) is 7.11 Å². The molecule has 134 valence electrons. The van der Waals surface area contributed by atoms with E-state index < -0.39 is 0 Å². The summed E-state index contributed by atoms with van der Waals surface area (Å²) in [6.45, 7) is 0.0774. The van der Waals surface area contributed by atoms with Gasteiger partial charge in [-0.05, 0) is 22.9 Å². The highest BCUT2D eigenvalue weighted by atomic mass is 35.5. The number of nitrogens with one attached hydrogen (secondary N) is 2. The monoisotopic (exact) mass is 370 g/mol. The van der Waals surface area contributed by atoms with Gasteiger partial charge in [0.05, 0.1) is 31.5 Å². The smallest absolute Gasteiger partial charge is 0.243 e. The van der Waals surface area contributed by atoms with E-state index in [9.17, 15) is 4.79 Å². The Morgan fingerprint density at radius 1 is 0.962 bits per heavy atom. The topological polar surface area (TPSA) is 59.6 Å².